The normalized spacial score (nSPS) is 10.8. The molecule has 4 heteroatoms. The van der Waals surface area contributed by atoms with Gasteiger partial charge in [0, 0.05) is 4.47 Å². The van der Waals surface area contributed by atoms with Crippen LogP contribution in [0.4, 0.5) is 0 Å². The first-order valence-corrected chi connectivity index (χ1v) is 5.04. The van der Waals surface area contributed by atoms with Crippen molar-refractivity contribution < 1.29 is 0 Å². The van der Waals surface area contributed by atoms with Gasteiger partial charge in [-0.25, -0.2) is 0 Å². The number of hydrogen-bond donors (Lipinski definition) is 1. The summed E-state index contributed by atoms with van der Waals surface area (Å²) in [5, 5.41) is 7.46. The minimum absolute atomic E-state index is 0.0144. The zero-order chi connectivity index (χ0) is 10.3. The van der Waals surface area contributed by atoms with E-state index in [2.05, 4.69) is 26.1 Å². The molecule has 0 saturated carbocycles. The van der Waals surface area contributed by atoms with Crippen molar-refractivity contribution in [2.75, 3.05) is 0 Å². The number of aryl methyl sites for hydroxylation is 2. The molecular formula is C10H9BrN2O. The molecule has 0 amide bonds. The highest BCUT2D eigenvalue weighted by Gasteiger charge is 2.05. The Bertz CT molecular complexity index is 560. The lowest BCUT2D eigenvalue weighted by atomic mass is 10.1. The molecule has 14 heavy (non-hydrogen) atoms. The van der Waals surface area contributed by atoms with Crippen LogP contribution in [0.3, 0.4) is 0 Å². The quantitative estimate of drug-likeness (QED) is 0.782. The third-order valence-electron chi connectivity index (χ3n) is 2.22. The van der Waals surface area contributed by atoms with Crippen LogP contribution in [-0.2, 0) is 0 Å². The SMILES string of the molecule is Cc1cc2[nH]nc(C)c(=O)c2cc1Br. The number of aromatic nitrogens is 2. The summed E-state index contributed by atoms with van der Waals surface area (Å²) >= 11 is 3.40. The van der Waals surface area contributed by atoms with E-state index in [1.165, 1.54) is 0 Å². The number of rotatable bonds is 0. The van der Waals surface area contributed by atoms with Gasteiger partial charge in [-0.2, -0.15) is 5.10 Å². The van der Waals surface area contributed by atoms with E-state index in [0.717, 1.165) is 15.6 Å². The Morgan fingerprint density at radius 1 is 1.36 bits per heavy atom. The average Bonchev–Trinajstić information content (AvgIpc) is 2.15. The molecule has 72 valence electrons. The number of benzene rings is 1. The van der Waals surface area contributed by atoms with E-state index in [0.29, 0.717) is 11.1 Å². The Hall–Kier alpha value is -1.16. The molecule has 0 bridgehead atoms. The van der Waals surface area contributed by atoms with Crippen molar-refractivity contribution in [3.63, 3.8) is 0 Å². The molecule has 1 aromatic heterocycles. The molecule has 0 aliphatic heterocycles. The Balaban J connectivity index is 2.97. The largest absolute Gasteiger partial charge is 0.287 e. The highest BCUT2D eigenvalue weighted by atomic mass is 79.9. The highest BCUT2D eigenvalue weighted by molar-refractivity contribution is 9.10. The van der Waals surface area contributed by atoms with Gasteiger partial charge in [-0.05, 0) is 31.5 Å². The van der Waals surface area contributed by atoms with Gasteiger partial charge in [0.05, 0.1) is 10.9 Å². The summed E-state index contributed by atoms with van der Waals surface area (Å²) in [6.45, 7) is 3.67. The zero-order valence-corrected chi connectivity index (χ0v) is 9.47. The van der Waals surface area contributed by atoms with Crippen molar-refractivity contribution in [1.82, 2.24) is 10.2 Å². The van der Waals surface area contributed by atoms with E-state index in [9.17, 15) is 4.79 Å². The summed E-state index contributed by atoms with van der Waals surface area (Å²) in [5.41, 5.74) is 2.34. The van der Waals surface area contributed by atoms with E-state index >= 15 is 0 Å². The molecule has 0 spiro atoms. The number of halogens is 1. The van der Waals surface area contributed by atoms with Crippen LogP contribution in [0, 0.1) is 13.8 Å². The first-order valence-electron chi connectivity index (χ1n) is 4.25. The van der Waals surface area contributed by atoms with Crippen LogP contribution in [-0.4, -0.2) is 10.2 Å². The number of fused-ring (bicyclic) bond motifs is 1. The van der Waals surface area contributed by atoms with Crippen LogP contribution >= 0.6 is 15.9 Å². The number of H-pyrrole nitrogens is 1. The summed E-state index contributed by atoms with van der Waals surface area (Å²) in [6.07, 6.45) is 0. The summed E-state index contributed by atoms with van der Waals surface area (Å²) < 4.78 is 0.945. The molecule has 1 aromatic carbocycles. The number of hydrogen-bond acceptors (Lipinski definition) is 2. The van der Waals surface area contributed by atoms with Crippen LogP contribution in [0.25, 0.3) is 10.9 Å². The molecule has 0 aliphatic carbocycles. The lowest BCUT2D eigenvalue weighted by Gasteiger charge is -2.02. The lowest BCUT2D eigenvalue weighted by molar-refractivity contribution is 1.00. The van der Waals surface area contributed by atoms with Crippen molar-refractivity contribution in [3.8, 4) is 0 Å². The van der Waals surface area contributed by atoms with Crippen LogP contribution in [0.15, 0.2) is 21.4 Å². The van der Waals surface area contributed by atoms with Crippen LogP contribution in [0.5, 0.6) is 0 Å². The van der Waals surface area contributed by atoms with Gasteiger partial charge in [0.25, 0.3) is 0 Å². The third kappa shape index (κ3) is 1.35. The molecule has 0 radical (unpaired) electrons. The molecule has 0 atom stereocenters. The van der Waals surface area contributed by atoms with E-state index < -0.39 is 0 Å². The van der Waals surface area contributed by atoms with Gasteiger partial charge >= 0.3 is 0 Å². The number of nitrogens with one attached hydrogen (secondary N) is 1. The van der Waals surface area contributed by atoms with Gasteiger partial charge in [-0.1, -0.05) is 15.9 Å². The standard InChI is InChI=1S/C10H9BrN2O/c1-5-3-9-7(4-8(5)11)10(14)6(2)12-13-9/h3-4H,1-2H3,(H,13,14). The van der Waals surface area contributed by atoms with Crippen molar-refractivity contribution in [3.05, 3.63) is 38.1 Å². The Labute approximate surface area is 89.3 Å². The fourth-order valence-corrected chi connectivity index (χ4v) is 1.69. The third-order valence-corrected chi connectivity index (χ3v) is 3.07. The Kier molecular flexibility index (Phi) is 2.15. The van der Waals surface area contributed by atoms with E-state index in [1.807, 2.05) is 19.1 Å². The molecule has 2 rings (SSSR count). The minimum atomic E-state index is -0.0144. The Morgan fingerprint density at radius 2 is 2.07 bits per heavy atom. The summed E-state index contributed by atoms with van der Waals surface area (Å²) in [5.74, 6) is 0. The molecule has 3 nitrogen and oxygen atoms in total. The fraction of sp³-hybridized carbons (Fsp3) is 0.200. The first kappa shape index (κ1) is 9.40. The van der Waals surface area contributed by atoms with Gasteiger partial charge in [-0.15, -0.1) is 0 Å². The second-order valence-electron chi connectivity index (χ2n) is 3.29. The predicted octanol–water partition coefficient (Wildman–Crippen LogP) is 2.30. The van der Waals surface area contributed by atoms with E-state index in [4.69, 9.17) is 0 Å². The molecule has 1 heterocycles. The minimum Gasteiger partial charge on any atom is -0.287 e. The maximum absolute atomic E-state index is 11.7. The highest BCUT2D eigenvalue weighted by Crippen LogP contribution is 2.20. The smallest absolute Gasteiger partial charge is 0.210 e. The van der Waals surface area contributed by atoms with Crippen molar-refractivity contribution in [2.45, 2.75) is 13.8 Å². The predicted molar refractivity (Wildman–Crippen MR) is 59.5 cm³/mol. The second kappa shape index (κ2) is 3.20. The van der Waals surface area contributed by atoms with Crippen molar-refractivity contribution in [1.29, 1.82) is 0 Å². The molecule has 0 aliphatic rings. The molecule has 0 unspecified atom stereocenters. The summed E-state index contributed by atoms with van der Waals surface area (Å²) in [6, 6.07) is 3.74. The summed E-state index contributed by atoms with van der Waals surface area (Å²) in [7, 11) is 0. The number of nitrogens with zero attached hydrogens (tertiary/aromatic N) is 1. The monoisotopic (exact) mass is 252 g/mol. The van der Waals surface area contributed by atoms with Gasteiger partial charge in [-0.3, -0.25) is 9.89 Å². The zero-order valence-electron chi connectivity index (χ0n) is 7.89. The fourth-order valence-electron chi connectivity index (χ4n) is 1.35. The van der Waals surface area contributed by atoms with Crippen LogP contribution < -0.4 is 5.43 Å². The van der Waals surface area contributed by atoms with Crippen LogP contribution in [0.1, 0.15) is 11.3 Å². The lowest BCUT2D eigenvalue weighted by Crippen LogP contribution is -2.09. The van der Waals surface area contributed by atoms with Crippen molar-refractivity contribution in [2.24, 2.45) is 0 Å². The number of aromatic amines is 1. The van der Waals surface area contributed by atoms with Gasteiger partial charge in [0.2, 0.25) is 5.43 Å². The average molecular weight is 253 g/mol. The summed E-state index contributed by atoms with van der Waals surface area (Å²) in [4.78, 5) is 11.7. The van der Waals surface area contributed by atoms with Gasteiger partial charge < -0.3 is 0 Å². The van der Waals surface area contributed by atoms with Gasteiger partial charge in [0.1, 0.15) is 5.69 Å². The topological polar surface area (TPSA) is 45.8 Å². The van der Waals surface area contributed by atoms with Crippen LogP contribution in [0.2, 0.25) is 0 Å². The molecule has 2 aromatic rings. The van der Waals surface area contributed by atoms with E-state index in [1.54, 1.807) is 6.92 Å². The first-order chi connectivity index (χ1) is 6.59. The maximum atomic E-state index is 11.7. The molecule has 0 fully saturated rings. The molecular weight excluding hydrogens is 244 g/mol. The Morgan fingerprint density at radius 3 is 2.79 bits per heavy atom. The second-order valence-corrected chi connectivity index (χ2v) is 4.14. The van der Waals surface area contributed by atoms with E-state index in [-0.39, 0.29) is 5.43 Å². The molecule has 1 N–H and O–H groups in total. The van der Waals surface area contributed by atoms with Crippen molar-refractivity contribution >= 4 is 26.8 Å². The van der Waals surface area contributed by atoms with Gasteiger partial charge in [0.15, 0.2) is 0 Å². The molecule has 0 saturated heterocycles. The maximum Gasteiger partial charge on any atom is 0.210 e.